The minimum Gasteiger partial charge on any atom is -0.483 e. The fraction of sp³-hybridized carbons (Fsp3) is 0.235. The first-order valence-electron chi connectivity index (χ1n) is 6.51. The number of benzene rings is 2. The number of hydrogen-bond acceptors (Lipinski definition) is 2. The number of ether oxygens (including phenoxy) is 1. The van der Waals surface area contributed by atoms with Crippen LogP contribution < -0.4 is 4.74 Å². The quantitative estimate of drug-likeness (QED) is 0.768. The number of rotatable bonds is 4. The summed E-state index contributed by atoms with van der Waals surface area (Å²) >= 11 is 5.91. The molecule has 0 aliphatic carbocycles. The van der Waals surface area contributed by atoms with Crippen molar-refractivity contribution in [3.05, 3.63) is 64.2 Å². The number of halogens is 1. The maximum Gasteiger partial charge on any atom is 0.203 e. The van der Waals surface area contributed by atoms with Crippen molar-refractivity contribution < 1.29 is 9.53 Å². The van der Waals surface area contributed by atoms with Crippen molar-refractivity contribution in [1.82, 2.24) is 0 Å². The van der Waals surface area contributed by atoms with Crippen LogP contribution >= 0.6 is 11.6 Å². The Morgan fingerprint density at radius 1 is 1.15 bits per heavy atom. The van der Waals surface area contributed by atoms with Gasteiger partial charge in [-0.1, -0.05) is 35.4 Å². The van der Waals surface area contributed by atoms with Gasteiger partial charge < -0.3 is 4.74 Å². The molecule has 0 amide bonds. The highest BCUT2D eigenvalue weighted by Gasteiger charge is 2.19. The fourth-order valence-electron chi connectivity index (χ4n) is 2.02. The topological polar surface area (TPSA) is 26.3 Å². The average molecular weight is 289 g/mol. The Labute approximate surface area is 124 Å². The minimum atomic E-state index is -0.547. The number of carbonyl (C=O) groups excluding carboxylic acids is 1. The van der Waals surface area contributed by atoms with E-state index < -0.39 is 6.10 Å². The summed E-state index contributed by atoms with van der Waals surface area (Å²) in [4.78, 5) is 12.4. The van der Waals surface area contributed by atoms with Crippen molar-refractivity contribution in [1.29, 1.82) is 0 Å². The summed E-state index contributed by atoms with van der Waals surface area (Å²) in [6.45, 7) is 5.66. The molecule has 0 saturated carbocycles. The van der Waals surface area contributed by atoms with Gasteiger partial charge in [0.1, 0.15) is 5.75 Å². The second-order valence-electron chi connectivity index (χ2n) is 4.90. The second kappa shape index (κ2) is 6.10. The van der Waals surface area contributed by atoms with E-state index in [1.54, 1.807) is 31.2 Å². The van der Waals surface area contributed by atoms with E-state index in [0.29, 0.717) is 16.3 Å². The average Bonchev–Trinajstić information content (AvgIpc) is 2.40. The molecule has 1 unspecified atom stereocenters. The first-order valence-corrected chi connectivity index (χ1v) is 6.89. The van der Waals surface area contributed by atoms with Crippen molar-refractivity contribution in [2.24, 2.45) is 0 Å². The first kappa shape index (κ1) is 14.6. The van der Waals surface area contributed by atoms with Crippen molar-refractivity contribution in [3.8, 4) is 5.75 Å². The lowest BCUT2D eigenvalue weighted by molar-refractivity contribution is 0.0817. The summed E-state index contributed by atoms with van der Waals surface area (Å²) in [5.41, 5.74) is 2.73. The van der Waals surface area contributed by atoms with E-state index in [1.165, 1.54) is 0 Å². The molecular weight excluding hydrogens is 272 g/mol. The van der Waals surface area contributed by atoms with Crippen LogP contribution in [-0.4, -0.2) is 11.9 Å². The molecule has 1 atom stereocenters. The van der Waals surface area contributed by atoms with Gasteiger partial charge in [-0.05, 0) is 50.6 Å². The molecule has 2 rings (SSSR count). The second-order valence-corrected chi connectivity index (χ2v) is 5.34. The number of carbonyl (C=O) groups is 1. The number of Topliss-reactive ketones (excluding diaryl/α,β-unsaturated/α-hetero) is 1. The van der Waals surface area contributed by atoms with E-state index in [0.717, 1.165) is 11.1 Å². The summed E-state index contributed by atoms with van der Waals surface area (Å²) < 4.78 is 5.67. The Balaban J connectivity index is 2.18. The van der Waals surface area contributed by atoms with Gasteiger partial charge in [0.25, 0.3) is 0 Å². The molecule has 3 heteroatoms. The van der Waals surface area contributed by atoms with Crippen LogP contribution in [-0.2, 0) is 0 Å². The SMILES string of the molecule is Cc1ccc(C)c(C(=O)C(C)Oc2cccc(Cl)c2)c1. The third-order valence-corrected chi connectivity index (χ3v) is 3.37. The summed E-state index contributed by atoms with van der Waals surface area (Å²) in [5, 5.41) is 0.592. The molecule has 0 fully saturated rings. The fourth-order valence-corrected chi connectivity index (χ4v) is 2.20. The van der Waals surface area contributed by atoms with Crippen LogP contribution in [0, 0.1) is 13.8 Å². The Kier molecular flexibility index (Phi) is 4.46. The maximum absolute atomic E-state index is 12.4. The minimum absolute atomic E-state index is 0.0221. The smallest absolute Gasteiger partial charge is 0.203 e. The number of hydrogen-bond donors (Lipinski definition) is 0. The first-order chi connectivity index (χ1) is 9.47. The zero-order valence-electron chi connectivity index (χ0n) is 11.8. The summed E-state index contributed by atoms with van der Waals surface area (Å²) in [6, 6.07) is 12.9. The Hall–Kier alpha value is -1.80. The lowest BCUT2D eigenvalue weighted by atomic mass is 9.99. The van der Waals surface area contributed by atoms with Crippen molar-refractivity contribution in [3.63, 3.8) is 0 Å². The van der Waals surface area contributed by atoms with Gasteiger partial charge in [0.05, 0.1) is 0 Å². The monoisotopic (exact) mass is 288 g/mol. The molecule has 0 aromatic heterocycles. The van der Waals surface area contributed by atoms with Crippen LogP contribution in [0.25, 0.3) is 0 Å². The molecule has 0 aliphatic heterocycles. The molecule has 0 radical (unpaired) electrons. The molecule has 0 N–H and O–H groups in total. The van der Waals surface area contributed by atoms with E-state index in [9.17, 15) is 4.79 Å². The van der Waals surface area contributed by atoms with E-state index in [4.69, 9.17) is 16.3 Å². The highest BCUT2D eigenvalue weighted by molar-refractivity contribution is 6.30. The molecule has 2 aromatic rings. The number of aryl methyl sites for hydroxylation is 2. The third-order valence-electron chi connectivity index (χ3n) is 3.14. The predicted octanol–water partition coefficient (Wildman–Crippen LogP) is 4.61. The van der Waals surface area contributed by atoms with E-state index in [1.807, 2.05) is 32.0 Å². The summed E-state index contributed by atoms with van der Waals surface area (Å²) in [7, 11) is 0. The van der Waals surface area contributed by atoms with Crippen LogP contribution in [0.3, 0.4) is 0 Å². The largest absolute Gasteiger partial charge is 0.483 e. The van der Waals surface area contributed by atoms with Gasteiger partial charge in [-0.2, -0.15) is 0 Å². The molecule has 2 aromatic carbocycles. The molecule has 104 valence electrons. The Bertz CT molecular complexity index is 635. The molecular formula is C17H17ClO2. The van der Waals surface area contributed by atoms with Gasteiger partial charge in [-0.3, -0.25) is 4.79 Å². The van der Waals surface area contributed by atoms with Crippen molar-refractivity contribution in [2.75, 3.05) is 0 Å². The lowest BCUT2D eigenvalue weighted by Crippen LogP contribution is -2.24. The summed E-state index contributed by atoms with van der Waals surface area (Å²) in [5.74, 6) is 0.579. The zero-order valence-corrected chi connectivity index (χ0v) is 12.6. The van der Waals surface area contributed by atoms with E-state index >= 15 is 0 Å². The molecule has 0 aliphatic rings. The third kappa shape index (κ3) is 3.40. The molecule has 0 spiro atoms. The van der Waals surface area contributed by atoms with Crippen molar-refractivity contribution in [2.45, 2.75) is 26.9 Å². The standard InChI is InChI=1S/C17H17ClO2/c1-11-7-8-12(2)16(9-11)17(19)13(3)20-15-6-4-5-14(18)10-15/h4-10,13H,1-3H3. The molecule has 2 nitrogen and oxygen atoms in total. The van der Waals surface area contributed by atoms with Crippen LogP contribution in [0.2, 0.25) is 5.02 Å². The van der Waals surface area contributed by atoms with Gasteiger partial charge in [0.2, 0.25) is 5.78 Å². The van der Waals surface area contributed by atoms with Crippen LogP contribution in [0.15, 0.2) is 42.5 Å². The predicted molar refractivity (Wildman–Crippen MR) is 81.8 cm³/mol. The molecule has 0 heterocycles. The highest BCUT2D eigenvalue weighted by atomic mass is 35.5. The molecule has 0 saturated heterocycles. The maximum atomic E-state index is 12.4. The van der Waals surface area contributed by atoms with E-state index in [2.05, 4.69) is 0 Å². The number of ketones is 1. The van der Waals surface area contributed by atoms with Crippen LogP contribution in [0.5, 0.6) is 5.75 Å². The van der Waals surface area contributed by atoms with Crippen molar-refractivity contribution >= 4 is 17.4 Å². The summed E-state index contributed by atoms with van der Waals surface area (Å²) in [6.07, 6.45) is -0.547. The Morgan fingerprint density at radius 3 is 2.60 bits per heavy atom. The van der Waals surface area contributed by atoms with Gasteiger partial charge in [-0.25, -0.2) is 0 Å². The van der Waals surface area contributed by atoms with Gasteiger partial charge in [-0.15, -0.1) is 0 Å². The highest BCUT2D eigenvalue weighted by Crippen LogP contribution is 2.20. The van der Waals surface area contributed by atoms with Gasteiger partial charge in [0.15, 0.2) is 6.10 Å². The van der Waals surface area contributed by atoms with Gasteiger partial charge in [0, 0.05) is 10.6 Å². The molecule has 20 heavy (non-hydrogen) atoms. The van der Waals surface area contributed by atoms with Crippen LogP contribution in [0.4, 0.5) is 0 Å². The lowest BCUT2D eigenvalue weighted by Gasteiger charge is -2.15. The van der Waals surface area contributed by atoms with Crippen LogP contribution in [0.1, 0.15) is 28.4 Å². The zero-order chi connectivity index (χ0) is 14.7. The Morgan fingerprint density at radius 2 is 1.90 bits per heavy atom. The van der Waals surface area contributed by atoms with E-state index in [-0.39, 0.29) is 5.78 Å². The normalized spacial score (nSPS) is 12.0. The van der Waals surface area contributed by atoms with Gasteiger partial charge >= 0.3 is 0 Å². The molecule has 0 bridgehead atoms.